The first-order chi connectivity index (χ1) is 9.60. The number of hydrogen-bond donors (Lipinski definition) is 1. The molecule has 20 heavy (non-hydrogen) atoms. The van der Waals surface area contributed by atoms with Gasteiger partial charge in [0.05, 0.1) is 12.0 Å². The van der Waals surface area contributed by atoms with Crippen LogP contribution < -0.4 is 10.1 Å². The lowest BCUT2D eigenvalue weighted by atomic mass is 10.2. The maximum Gasteiger partial charge on any atom is 0.311 e. The van der Waals surface area contributed by atoms with Gasteiger partial charge in [0.15, 0.2) is 0 Å². The minimum absolute atomic E-state index is 0.0205. The van der Waals surface area contributed by atoms with E-state index in [1.807, 2.05) is 24.3 Å². The first-order valence-electron chi connectivity index (χ1n) is 6.08. The lowest BCUT2D eigenvalue weighted by Crippen LogP contribution is -2.05. The summed E-state index contributed by atoms with van der Waals surface area (Å²) in [7, 11) is 1.60. The molecule has 0 atom stereocenters. The third-order valence-electron chi connectivity index (χ3n) is 2.80. The Kier molecular flexibility index (Phi) is 4.14. The molecule has 0 saturated carbocycles. The Bertz CT molecular complexity index is 629. The molecule has 0 aliphatic rings. The number of anilines is 1. The molecule has 1 aromatic heterocycles. The van der Waals surface area contributed by atoms with Gasteiger partial charge >= 0.3 is 5.69 Å². The van der Waals surface area contributed by atoms with E-state index in [9.17, 15) is 10.1 Å². The van der Waals surface area contributed by atoms with Gasteiger partial charge in [-0.15, -0.1) is 0 Å². The molecule has 0 spiro atoms. The number of nitrogens with zero attached hydrogens (tertiary/aromatic N) is 2. The third kappa shape index (κ3) is 3.23. The standard InChI is InChI=1S/C14H15N3O3/c1-10-6-13(17(18)19)14(15-8-10)16-9-11-4-3-5-12(7-11)20-2/h3-8H,9H2,1-2H3,(H,15,16). The van der Waals surface area contributed by atoms with Crippen LogP contribution in [0, 0.1) is 17.0 Å². The van der Waals surface area contributed by atoms with E-state index in [0.29, 0.717) is 6.54 Å². The van der Waals surface area contributed by atoms with Crippen molar-refractivity contribution in [3.8, 4) is 5.75 Å². The van der Waals surface area contributed by atoms with Crippen molar-refractivity contribution in [1.82, 2.24) is 4.98 Å². The van der Waals surface area contributed by atoms with Gasteiger partial charge in [-0.2, -0.15) is 0 Å². The SMILES string of the molecule is COc1cccc(CNc2ncc(C)cc2[N+](=O)[O-])c1. The summed E-state index contributed by atoms with van der Waals surface area (Å²) in [4.78, 5) is 14.6. The largest absolute Gasteiger partial charge is 0.497 e. The van der Waals surface area contributed by atoms with Crippen molar-refractivity contribution < 1.29 is 9.66 Å². The Balaban J connectivity index is 2.16. The zero-order valence-corrected chi connectivity index (χ0v) is 11.3. The molecule has 0 amide bonds. The van der Waals surface area contributed by atoms with E-state index in [-0.39, 0.29) is 11.5 Å². The van der Waals surface area contributed by atoms with Crippen molar-refractivity contribution in [2.24, 2.45) is 0 Å². The van der Waals surface area contributed by atoms with Crippen LogP contribution in [-0.2, 0) is 6.54 Å². The van der Waals surface area contributed by atoms with E-state index in [1.165, 1.54) is 6.07 Å². The van der Waals surface area contributed by atoms with Crippen LogP contribution in [0.4, 0.5) is 11.5 Å². The van der Waals surface area contributed by atoms with E-state index in [0.717, 1.165) is 16.9 Å². The number of hydrogen-bond acceptors (Lipinski definition) is 5. The molecule has 2 aromatic rings. The Morgan fingerprint density at radius 1 is 1.40 bits per heavy atom. The van der Waals surface area contributed by atoms with Crippen LogP contribution in [0.3, 0.4) is 0 Å². The Morgan fingerprint density at radius 3 is 2.90 bits per heavy atom. The van der Waals surface area contributed by atoms with E-state index in [2.05, 4.69) is 10.3 Å². The number of ether oxygens (including phenoxy) is 1. The van der Waals surface area contributed by atoms with Crippen LogP contribution in [0.5, 0.6) is 5.75 Å². The van der Waals surface area contributed by atoms with Gasteiger partial charge in [-0.1, -0.05) is 12.1 Å². The molecular formula is C14H15N3O3. The number of aromatic nitrogens is 1. The van der Waals surface area contributed by atoms with Gasteiger partial charge in [0.25, 0.3) is 0 Å². The van der Waals surface area contributed by atoms with E-state index in [4.69, 9.17) is 4.74 Å². The second-order valence-electron chi connectivity index (χ2n) is 4.34. The van der Waals surface area contributed by atoms with Crippen LogP contribution in [-0.4, -0.2) is 17.0 Å². The summed E-state index contributed by atoms with van der Waals surface area (Å²) >= 11 is 0. The summed E-state index contributed by atoms with van der Waals surface area (Å²) in [6.07, 6.45) is 1.60. The molecule has 0 unspecified atom stereocenters. The van der Waals surface area contributed by atoms with Gasteiger partial charge in [0.1, 0.15) is 5.75 Å². The highest BCUT2D eigenvalue weighted by molar-refractivity contribution is 5.56. The van der Waals surface area contributed by atoms with Crippen LogP contribution in [0.25, 0.3) is 0 Å². The van der Waals surface area contributed by atoms with Crippen LogP contribution in [0.1, 0.15) is 11.1 Å². The highest BCUT2D eigenvalue weighted by atomic mass is 16.6. The van der Waals surface area contributed by atoms with Gasteiger partial charge in [-0.3, -0.25) is 10.1 Å². The van der Waals surface area contributed by atoms with E-state index >= 15 is 0 Å². The zero-order valence-electron chi connectivity index (χ0n) is 11.3. The molecular weight excluding hydrogens is 258 g/mol. The van der Waals surface area contributed by atoms with Gasteiger partial charge in [-0.25, -0.2) is 4.98 Å². The Hall–Kier alpha value is -2.63. The van der Waals surface area contributed by atoms with Crippen LogP contribution in [0.2, 0.25) is 0 Å². The maximum absolute atomic E-state index is 11.0. The first kappa shape index (κ1) is 13.8. The molecule has 1 aromatic carbocycles. The Labute approximate surface area is 116 Å². The number of rotatable bonds is 5. The van der Waals surface area contributed by atoms with E-state index in [1.54, 1.807) is 20.2 Å². The fourth-order valence-electron chi connectivity index (χ4n) is 1.80. The summed E-state index contributed by atoms with van der Waals surface area (Å²) in [5.74, 6) is 1.01. The highest BCUT2D eigenvalue weighted by Gasteiger charge is 2.15. The quantitative estimate of drug-likeness (QED) is 0.669. The molecule has 1 N–H and O–H groups in total. The molecule has 0 bridgehead atoms. The minimum Gasteiger partial charge on any atom is -0.497 e. The van der Waals surface area contributed by atoms with Gasteiger partial charge < -0.3 is 10.1 Å². The molecule has 0 aliphatic heterocycles. The summed E-state index contributed by atoms with van der Waals surface area (Å²) in [5, 5.41) is 14.0. The van der Waals surface area contributed by atoms with Crippen molar-refractivity contribution in [1.29, 1.82) is 0 Å². The van der Waals surface area contributed by atoms with Crippen molar-refractivity contribution >= 4 is 11.5 Å². The van der Waals surface area contributed by atoms with Crippen molar-refractivity contribution in [2.45, 2.75) is 13.5 Å². The number of methoxy groups -OCH3 is 1. The van der Waals surface area contributed by atoms with Gasteiger partial charge in [-0.05, 0) is 30.2 Å². The number of pyridine rings is 1. The first-order valence-corrected chi connectivity index (χ1v) is 6.08. The predicted molar refractivity (Wildman–Crippen MR) is 75.9 cm³/mol. The molecule has 0 radical (unpaired) electrons. The average molecular weight is 273 g/mol. The fraction of sp³-hybridized carbons (Fsp3) is 0.214. The Morgan fingerprint density at radius 2 is 2.20 bits per heavy atom. The number of benzene rings is 1. The minimum atomic E-state index is -0.437. The monoisotopic (exact) mass is 273 g/mol. The smallest absolute Gasteiger partial charge is 0.311 e. The molecule has 6 heteroatoms. The van der Waals surface area contributed by atoms with Crippen molar-refractivity contribution in [3.05, 3.63) is 57.8 Å². The summed E-state index contributed by atoms with van der Waals surface area (Å²) < 4.78 is 5.13. The average Bonchev–Trinajstić information content (AvgIpc) is 2.46. The molecule has 0 aliphatic carbocycles. The number of nitro groups is 1. The van der Waals surface area contributed by atoms with Crippen molar-refractivity contribution in [2.75, 3.05) is 12.4 Å². The predicted octanol–water partition coefficient (Wildman–Crippen LogP) is 2.92. The summed E-state index contributed by atoms with van der Waals surface area (Å²) in [6, 6.07) is 8.99. The lowest BCUT2D eigenvalue weighted by Gasteiger charge is -2.08. The number of aryl methyl sites for hydroxylation is 1. The molecule has 104 valence electrons. The molecule has 6 nitrogen and oxygen atoms in total. The normalized spacial score (nSPS) is 10.1. The van der Waals surface area contributed by atoms with Crippen LogP contribution in [0.15, 0.2) is 36.5 Å². The summed E-state index contributed by atoms with van der Waals surface area (Å²) in [6.45, 7) is 2.21. The second-order valence-corrected chi connectivity index (χ2v) is 4.34. The van der Waals surface area contributed by atoms with Gasteiger partial charge in [0, 0.05) is 18.8 Å². The number of nitrogens with one attached hydrogen (secondary N) is 1. The fourth-order valence-corrected chi connectivity index (χ4v) is 1.80. The lowest BCUT2D eigenvalue weighted by molar-refractivity contribution is -0.384. The van der Waals surface area contributed by atoms with Crippen molar-refractivity contribution in [3.63, 3.8) is 0 Å². The molecule has 1 heterocycles. The highest BCUT2D eigenvalue weighted by Crippen LogP contribution is 2.23. The topological polar surface area (TPSA) is 77.3 Å². The molecule has 0 fully saturated rings. The van der Waals surface area contributed by atoms with E-state index < -0.39 is 4.92 Å². The second kappa shape index (κ2) is 6.01. The maximum atomic E-state index is 11.0. The van der Waals surface area contributed by atoms with Gasteiger partial charge in [0.2, 0.25) is 5.82 Å². The van der Waals surface area contributed by atoms with Crippen LogP contribution >= 0.6 is 0 Å². The molecule has 0 saturated heterocycles. The summed E-state index contributed by atoms with van der Waals surface area (Å²) in [5.41, 5.74) is 1.69. The zero-order chi connectivity index (χ0) is 14.5. The third-order valence-corrected chi connectivity index (χ3v) is 2.80. The molecule has 2 rings (SSSR count).